The average molecular weight is 250 g/mol. The zero-order valence-electron chi connectivity index (χ0n) is 10.5. The van der Waals surface area contributed by atoms with Crippen molar-refractivity contribution in [1.29, 1.82) is 0 Å². The molecule has 0 aromatic heterocycles. The maximum absolute atomic E-state index is 11.4. The lowest BCUT2D eigenvalue weighted by atomic mass is 10.0. The minimum atomic E-state index is -1.77. The molecule has 4 heteroatoms. The fraction of sp³-hybridized carbons (Fsp3) is 0.462. The first-order chi connectivity index (χ1) is 7.88. The first-order valence-electron chi connectivity index (χ1n) is 5.95. The maximum atomic E-state index is 11.4. The highest BCUT2D eigenvalue weighted by atomic mass is 28.4. The zero-order chi connectivity index (χ0) is 12.6. The summed E-state index contributed by atoms with van der Waals surface area (Å²) in [7, 11) is -1.77. The maximum Gasteiger partial charge on any atom is 0.339 e. The van der Waals surface area contributed by atoms with Crippen molar-refractivity contribution in [3.8, 4) is 5.75 Å². The van der Waals surface area contributed by atoms with E-state index in [0.29, 0.717) is 11.3 Å². The van der Waals surface area contributed by atoms with Crippen molar-refractivity contribution in [2.24, 2.45) is 0 Å². The van der Waals surface area contributed by atoms with Gasteiger partial charge in [0.2, 0.25) is 8.32 Å². The second-order valence-electron chi connectivity index (χ2n) is 5.45. The molecule has 0 bridgehead atoms. The van der Waals surface area contributed by atoms with E-state index >= 15 is 0 Å². The zero-order valence-corrected chi connectivity index (χ0v) is 11.5. The van der Waals surface area contributed by atoms with Gasteiger partial charge in [-0.2, -0.15) is 0 Å². The number of carboxylic acids is 1. The van der Waals surface area contributed by atoms with Crippen molar-refractivity contribution in [3.63, 3.8) is 0 Å². The molecule has 1 aromatic carbocycles. The van der Waals surface area contributed by atoms with Crippen LogP contribution in [-0.2, 0) is 12.8 Å². The van der Waals surface area contributed by atoms with Gasteiger partial charge in [0.15, 0.2) is 0 Å². The predicted molar refractivity (Wildman–Crippen MR) is 69.4 cm³/mol. The summed E-state index contributed by atoms with van der Waals surface area (Å²) < 4.78 is 5.88. The summed E-state index contributed by atoms with van der Waals surface area (Å²) in [5.74, 6) is -0.311. The van der Waals surface area contributed by atoms with Gasteiger partial charge in [0.25, 0.3) is 0 Å². The van der Waals surface area contributed by atoms with Gasteiger partial charge in [-0.1, -0.05) is 6.07 Å². The molecule has 1 aromatic rings. The molecule has 17 heavy (non-hydrogen) atoms. The Bertz CT molecular complexity index is 460. The Kier molecular flexibility index (Phi) is 2.99. The van der Waals surface area contributed by atoms with E-state index in [4.69, 9.17) is 4.43 Å². The summed E-state index contributed by atoms with van der Waals surface area (Å²) in [6.07, 6.45) is 2.90. The molecule has 1 aliphatic rings. The summed E-state index contributed by atoms with van der Waals surface area (Å²) in [5, 5.41) is 9.36. The molecule has 92 valence electrons. The minimum absolute atomic E-state index is 0.391. The number of rotatable bonds is 3. The number of fused-ring (bicyclic) bond motifs is 1. The molecule has 0 atom stereocenters. The van der Waals surface area contributed by atoms with Crippen molar-refractivity contribution in [3.05, 3.63) is 28.8 Å². The van der Waals surface area contributed by atoms with Crippen LogP contribution in [0.25, 0.3) is 0 Å². The SMILES string of the molecule is C[Si](C)(C)Oc1ccc2c(c1C(=O)O)CCC2. The van der Waals surface area contributed by atoms with Gasteiger partial charge >= 0.3 is 5.97 Å². The normalized spacial score (nSPS) is 14.5. The largest absolute Gasteiger partial charge is 0.544 e. The van der Waals surface area contributed by atoms with Gasteiger partial charge in [0, 0.05) is 0 Å². The Labute approximate surface area is 103 Å². The molecule has 0 spiro atoms. The third-order valence-electron chi connectivity index (χ3n) is 2.87. The minimum Gasteiger partial charge on any atom is -0.544 e. The molecule has 1 N–H and O–H groups in total. The van der Waals surface area contributed by atoms with E-state index in [1.54, 1.807) is 0 Å². The topological polar surface area (TPSA) is 46.5 Å². The quantitative estimate of drug-likeness (QED) is 0.839. The van der Waals surface area contributed by atoms with Crippen LogP contribution in [0.1, 0.15) is 27.9 Å². The van der Waals surface area contributed by atoms with Gasteiger partial charge in [0.1, 0.15) is 11.3 Å². The van der Waals surface area contributed by atoms with Crippen LogP contribution >= 0.6 is 0 Å². The summed E-state index contributed by atoms with van der Waals surface area (Å²) in [4.78, 5) is 11.4. The summed E-state index contributed by atoms with van der Waals surface area (Å²) in [6, 6.07) is 3.84. The molecule has 2 rings (SSSR count). The number of hydrogen-bond donors (Lipinski definition) is 1. The van der Waals surface area contributed by atoms with E-state index in [9.17, 15) is 9.90 Å². The fourth-order valence-corrected chi connectivity index (χ4v) is 3.12. The van der Waals surface area contributed by atoms with Gasteiger partial charge in [-0.15, -0.1) is 0 Å². The summed E-state index contributed by atoms with van der Waals surface area (Å²) in [6.45, 7) is 6.18. The highest BCUT2D eigenvalue weighted by Crippen LogP contribution is 2.33. The van der Waals surface area contributed by atoms with E-state index in [-0.39, 0.29) is 0 Å². The number of aryl methyl sites for hydroxylation is 1. The highest BCUT2D eigenvalue weighted by molar-refractivity contribution is 6.70. The smallest absolute Gasteiger partial charge is 0.339 e. The molecule has 0 saturated carbocycles. The van der Waals surface area contributed by atoms with E-state index in [1.807, 2.05) is 12.1 Å². The van der Waals surface area contributed by atoms with Crippen LogP contribution in [0.15, 0.2) is 12.1 Å². The molecule has 1 aliphatic carbocycles. The molecule has 0 saturated heterocycles. The third-order valence-corrected chi connectivity index (χ3v) is 3.71. The Morgan fingerprint density at radius 2 is 2.00 bits per heavy atom. The number of carboxylic acid groups (broad SMARTS) is 1. The van der Waals surface area contributed by atoms with E-state index in [2.05, 4.69) is 19.6 Å². The third kappa shape index (κ3) is 2.52. The lowest BCUT2D eigenvalue weighted by Crippen LogP contribution is -2.30. The van der Waals surface area contributed by atoms with Crippen LogP contribution in [0.3, 0.4) is 0 Å². The Hall–Kier alpha value is -1.29. The van der Waals surface area contributed by atoms with Crippen molar-refractivity contribution in [2.75, 3.05) is 0 Å². The van der Waals surface area contributed by atoms with Crippen LogP contribution < -0.4 is 4.43 Å². The van der Waals surface area contributed by atoms with Crippen molar-refractivity contribution < 1.29 is 14.3 Å². The van der Waals surface area contributed by atoms with E-state index in [1.165, 1.54) is 5.56 Å². The van der Waals surface area contributed by atoms with Crippen LogP contribution in [-0.4, -0.2) is 19.4 Å². The highest BCUT2D eigenvalue weighted by Gasteiger charge is 2.26. The van der Waals surface area contributed by atoms with Gasteiger partial charge < -0.3 is 9.53 Å². The lowest BCUT2D eigenvalue weighted by Gasteiger charge is -2.22. The Morgan fingerprint density at radius 3 is 2.59 bits per heavy atom. The van der Waals surface area contributed by atoms with Gasteiger partial charge in [-0.25, -0.2) is 4.79 Å². The number of hydrogen-bond acceptors (Lipinski definition) is 2. The standard InChI is InChI=1S/C13H18O3Si/c1-17(2,3)16-11-8-7-9-5-4-6-10(9)12(11)13(14)15/h7-8H,4-6H2,1-3H3,(H,14,15). The van der Waals surface area contributed by atoms with Gasteiger partial charge in [-0.3, -0.25) is 0 Å². The van der Waals surface area contributed by atoms with Crippen LogP contribution in [0.5, 0.6) is 5.75 Å². The Balaban J connectivity index is 2.49. The van der Waals surface area contributed by atoms with Crippen LogP contribution in [0, 0.1) is 0 Å². The molecule has 3 nitrogen and oxygen atoms in total. The molecular formula is C13H18O3Si. The van der Waals surface area contributed by atoms with Crippen LogP contribution in [0.2, 0.25) is 19.6 Å². The Morgan fingerprint density at radius 1 is 1.29 bits per heavy atom. The monoisotopic (exact) mass is 250 g/mol. The van der Waals surface area contributed by atoms with Crippen molar-refractivity contribution >= 4 is 14.3 Å². The molecule has 0 unspecified atom stereocenters. The summed E-state index contributed by atoms with van der Waals surface area (Å²) >= 11 is 0. The lowest BCUT2D eigenvalue weighted by molar-refractivity contribution is 0.0693. The van der Waals surface area contributed by atoms with E-state index in [0.717, 1.165) is 24.8 Å². The molecule has 0 heterocycles. The second-order valence-corrected chi connectivity index (χ2v) is 9.88. The fourth-order valence-electron chi connectivity index (χ4n) is 2.29. The van der Waals surface area contributed by atoms with Crippen molar-refractivity contribution in [1.82, 2.24) is 0 Å². The van der Waals surface area contributed by atoms with Gasteiger partial charge in [0.05, 0.1) is 0 Å². The predicted octanol–water partition coefficient (Wildman–Crippen LogP) is 3.09. The van der Waals surface area contributed by atoms with E-state index < -0.39 is 14.3 Å². The molecule has 0 fully saturated rings. The first kappa shape index (κ1) is 12.2. The number of benzene rings is 1. The summed E-state index contributed by atoms with van der Waals surface area (Å²) in [5.41, 5.74) is 2.54. The number of aromatic carboxylic acids is 1. The van der Waals surface area contributed by atoms with Gasteiger partial charge in [-0.05, 0) is 56.1 Å². The number of carbonyl (C=O) groups is 1. The first-order valence-corrected chi connectivity index (χ1v) is 9.36. The van der Waals surface area contributed by atoms with Crippen molar-refractivity contribution in [2.45, 2.75) is 38.9 Å². The molecule has 0 radical (unpaired) electrons. The molecule has 0 amide bonds. The average Bonchev–Trinajstić information content (AvgIpc) is 2.61. The molecule has 0 aliphatic heterocycles. The molecular weight excluding hydrogens is 232 g/mol. The second kappa shape index (κ2) is 4.18. The van der Waals surface area contributed by atoms with Crippen LogP contribution in [0.4, 0.5) is 0 Å².